The lowest BCUT2D eigenvalue weighted by atomic mass is 10.1. The molecule has 4 heteroatoms. The molecule has 0 aliphatic heterocycles. The maximum atomic E-state index is 11.3. The molecular weight excluding hydrogens is 224 g/mol. The largest absolute Gasteiger partial charge is 0.356 e. The molecule has 1 rings (SSSR count). The third kappa shape index (κ3) is 4.64. The van der Waals surface area contributed by atoms with Crippen molar-refractivity contribution >= 4 is 17.5 Å². The highest BCUT2D eigenvalue weighted by molar-refractivity contribution is 6.31. The van der Waals surface area contributed by atoms with Gasteiger partial charge in [-0.2, -0.15) is 0 Å². The number of carbonyl (C=O) groups excluding carboxylic acids is 1. The highest BCUT2D eigenvalue weighted by Gasteiger charge is 2.01. The van der Waals surface area contributed by atoms with Crippen LogP contribution in [0.2, 0.25) is 5.02 Å². The van der Waals surface area contributed by atoms with E-state index in [9.17, 15) is 4.79 Å². The average Bonchev–Trinajstić information content (AvgIpc) is 2.29. The summed E-state index contributed by atoms with van der Waals surface area (Å²) < 4.78 is 0. The van der Waals surface area contributed by atoms with Crippen molar-refractivity contribution < 1.29 is 4.79 Å². The maximum absolute atomic E-state index is 11.3. The van der Waals surface area contributed by atoms with Gasteiger partial charge in [-0.05, 0) is 31.0 Å². The second-order valence-corrected chi connectivity index (χ2v) is 3.99. The minimum Gasteiger partial charge on any atom is -0.356 e. The Hall–Kier alpha value is -1.06. The topological polar surface area (TPSA) is 55.1 Å². The van der Waals surface area contributed by atoms with E-state index in [1.807, 2.05) is 24.3 Å². The molecule has 16 heavy (non-hydrogen) atoms. The van der Waals surface area contributed by atoms with Crippen LogP contribution in [0.25, 0.3) is 0 Å². The van der Waals surface area contributed by atoms with E-state index in [4.69, 9.17) is 17.3 Å². The van der Waals surface area contributed by atoms with Gasteiger partial charge in [-0.1, -0.05) is 29.8 Å². The molecule has 0 radical (unpaired) electrons. The molecule has 1 amide bonds. The van der Waals surface area contributed by atoms with Crippen LogP contribution in [0, 0.1) is 0 Å². The Labute approximate surface area is 101 Å². The predicted molar refractivity (Wildman–Crippen MR) is 66.5 cm³/mol. The first-order valence-corrected chi connectivity index (χ1v) is 5.82. The van der Waals surface area contributed by atoms with Crippen LogP contribution in [-0.2, 0) is 11.2 Å². The summed E-state index contributed by atoms with van der Waals surface area (Å²) in [5.74, 6) is 0.0532. The number of amides is 1. The molecule has 0 aromatic heterocycles. The number of hydrogen-bond donors (Lipinski definition) is 2. The molecule has 0 heterocycles. The molecule has 3 N–H and O–H groups in total. The highest BCUT2D eigenvalue weighted by atomic mass is 35.5. The zero-order valence-corrected chi connectivity index (χ0v) is 9.96. The summed E-state index contributed by atoms with van der Waals surface area (Å²) in [4.78, 5) is 11.3. The van der Waals surface area contributed by atoms with E-state index >= 15 is 0 Å². The molecule has 0 saturated carbocycles. The monoisotopic (exact) mass is 240 g/mol. The highest BCUT2D eigenvalue weighted by Crippen LogP contribution is 2.14. The van der Waals surface area contributed by atoms with Crippen LogP contribution in [0.3, 0.4) is 0 Å². The fourth-order valence-electron chi connectivity index (χ4n) is 1.39. The smallest absolute Gasteiger partial charge is 0.220 e. The van der Waals surface area contributed by atoms with E-state index in [2.05, 4.69) is 5.32 Å². The second kappa shape index (κ2) is 7.25. The number of benzene rings is 1. The first-order valence-electron chi connectivity index (χ1n) is 5.44. The van der Waals surface area contributed by atoms with Gasteiger partial charge in [-0.25, -0.2) is 0 Å². The van der Waals surface area contributed by atoms with Gasteiger partial charge in [0, 0.05) is 18.0 Å². The molecular formula is C12H17ClN2O. The summed E-state index contributed by atoms with van der Waals surface area (Å²) in [5, 5.41) is 3.59. The fraction of sp³-hybridized carbons (Fsp3) is 0.417. The number of nitrogens with one attached hydrogen (secondary N) is 1. The van der Waals surface area contributed by atoms with Gasteiger partial charge in [-0.15, -0.1) is 0 Å². The van der Waals surface area contributed by atoms with E-state index in [1.54, 1.807) is 0 Å². The number of hydrogen-bond acceptors (Lipinski definition) is 2. The quantitative estimate of drug-likeness (QED) is 0.796. The Morgan fingerprint density at radius 3 is 2.81 bits per heavy atom. The van der Waals surface area contributed by atoms with E-state index in [0.29, 0.717) is 19.5 Å². The van der Waals surface area contributed by atoms with Crippen molar-refractivity contribution in [2.45, 2.75) is 19.3 Å². The van der Waals surface area contributed by atoms with Gasteiger partial charge in [0.25, 0.3) is 0 Å². The summed E-state index contributed by atoms with van der Waals surface area (Å²) in [6.07, 6.45) is 1.99. The van der Waals surface area contributed by atoms with E-state index in [0.717, 1.165) is 23.4 Å². The summed E-state index contributed by atoms with van der Waals surface area (Å²) >= 11 is 5.99. The van der Waals surface area contributed by atoms with Crippen LogP contribution in [0.15, 0.2) is 24.3 Å². The Morgan fingerprint density at radius 1 is 1.38 bits per heavy atom. The van der Waals surface area contributed by atoms with Crippen LogP contribution in [0.1, 0.15) is 18.4 Å². The lowest BCUT2D eigenvalue weighted by Gasteiger charge is -2.06. The molecule has 0 spiro atoms. The van der Waals surface area contributed by atoms with Gasteiger partial charge in [0.1, 0.15) is 0 Å². The summed E-state index contributed by atoms with van der Waals surface area (Å²) in [5.41, 5.74) is 6.38. The molecule has 1 aromatic carbocycles. The van der Waals surface area contributed by atoms with Crippen molar-refractivity contribution in [2.75, 3.05) is 13.1 Å². The summed E-state index contributed by atoms with van der Waals surface area (Å²) in [6, 6.07) is 7.66. The number of halogens is 1. The van der Waals surface area contributed by atoms with E-state index in [1.165, 1.54) is 0 Å². The van der Waals surface area contributed by atoms with Crippen molar-refractivity contribution in [3.05, 3.63) is 34.9 Å². The Morgan fingerprint density at radius 2 is 2.12 bits per heavy atom. The maximum Gasteiger partial charge on any atom is 0.220 e. The number of nitrogens with two attached hydrogens (primary N) is 1. The van der Waals surface area contributed by atoms with Crippen molar-refractivity contribution in [1.29, 1.82) is 0 Å². The molecule has 0 aliphatic carbocycles. The lowest BCUT2D eigenvalue weighted by molar-refractivity contribution is -0.121. The van der Waals surface area contributed by atoms with E-state index < -0.39 is 0 Å². The van der Waals surface area contributed by atoms with Gasteiger partial charge in [0.05, 0.1) is 0 Å². The zero-order valence-electron chi connectivity index (χ0n) is 9.21. The van der Waals surface area contributed by atoms with Crippen LogP contribution < -0.4 is 11.1 Å². The third-order valence-electron chi connectivity index (χ3n) is 2.28. The zero-order chi connectivity index (χ0) is 11.8. The van der Waals surface area contributed by atoms with Crippen LogP contribution in [0.5, 0.6) is 0 Å². The first kappa shape index (κ1) is 13.0. The van der Waals surface area contributed by atoms with Crippen molar-refractivity contribution in [1.82, 2.24) is 5.32 Å². The van der Waals surface area contributed by atoms with Gasteiger partial charge in [0.15, 0.2) is 0 Å². The molecule has 88 valence electrons. The molecule has 1 aromatic rings. The van der Waals surface area contributed by atoms with Gasteiger partial charge < -0.3 is 11.1 Å². The van der Waals surface area contributed by atoms with Crippen molar-refractivity contribution in [3.8, 4) is 0 Å². The third-order valence-corrected chi connectivity index (χ3v) is 2.65. The van der Waals surface area contributed by atoms with Crippen LogP contribution in [0.4, 0.5) is 0 Å². The standard InChI is InChI=1S/C12H17ClN2O/c13-11-5-2-1-4-10(11)7-9-15-12(16)6-3-8-14/h1-2,4-5H,3,6-9,14H2,(H,15,16). The molecule has 0 unspecified atom stereocenters. The minimum absolute atomic E-state index is 0.0532. The van der Waals surface area contributed by atoms with Crippen molar-refractivity contribution in [3.63, 3.8) is 0 Å². The first-order chi connectivity index (χ1) is 7.74. The lowest BCUT2D eigenvalue weighted by Crippen LogP contribution is -2.26. The number of rotatable bonds is 6. The fourth-order valence-corrected chi connectivity index (χ4v) is 1.62. The van der Waals surface area contributed by atoms with Gasteiger partial charge in [-0.3, -0.25) is 4.79 Å². The van der Waals surface area contributed by atoms with E-state index in [-0.39, 0.29) is 5.91 Å². The molecule has 0 saturated heterocycles. The Balaban J connectivity index is 2.25. The van der Waals surface area contributed by atoms with Crippen LogP contribution in [-0.4, -0.2) is 19.0 Å². The molecule has 0 atom stereocenters. The predicted octanol–water partition coefficient (Wildman–Crippen LogP) is 1.74. The molecule has 0 bridgehead atoms. The summed E-state index contributed by atoms with van der Waals surface area (Å²) in [7, 11) is 0. The minimum atomic E-state index is 0.0532. The van der Waals surface area contributed by atoms with Crippen LogP contribution >= 0.6 is 11.6 Å². The molecule has 3 nitrogen and oxygen atoms in total. The number of carbonyl (C=O) groups is 1. The SMILES string of the molecule is NCCCC(=O)NCCc1ccccc1Cl. The normalized spacial score (nSPS) is 10.1. The van der Waals surface area contributed by atoms with Gasteiger partial charge >= 0.3 is 0 Å². The molecule has 0 fully saturated rings. The Bertz CT molecular complexity index is 342. The summed E-state index contributed by atoms with van der Waals surface area (Å²) in [6.45, 7) is 1.17. The second-order valence-electron chi connectivity index (χ2n) is 3.58. The molecule has 0 aliphatic rings. The average molecular weight is 241 g/mol. The van der Waals surface area contributed by atoms with Crippen molar-refractivity contribution in [2.24, 2.45) is 5.73 Å². The van der Waals surface area contributed by atoms with Gasteiger partial charge in [0.2, 0.25) is 5.91 Å². The Kier molecular flexibility index (Phi) is 5.90.